The fourth-order valence-electron chi connectivity index (χ4n) is 2.44. The lowest BCUT2D eigenvalue weighted by molar-refractivity contribution is 0.147. The lowest BCUT2D eigenvalue weighted by Gasteiger charge is -2.35. The predicted octanol–water partition coefficient (Wildman–Crippen LogP) is 3.84. The van der Waals surface area contributed by atoms with Crippen LogP contribution >= 0.6 is 0 Å². The number of benzene rings is 1. The SMILES string of the molecule is CCN(CC(C)(C)CN)C(C)c1ccc(OC(C)C)cc1. The number of nitrogens with zero attached hydrogens (tertiary/aromatic N) is 1. The van der Waals surface area contributed by atoms with Gasteiger partial charge in [-0.2, -0.15) is 0 Å². The molecule has 0 aliphatic carbocycles. The highest BCUT2D eigenvalue weighted by atomic mass is 16.5. The molecule has 120 valence electrons. The molecular formula is C18H32N2O. The molecule has 0 aromatic heterocycles. The molecule has 3 heteroatoms. The van der Waals surface area contributed by atoms with Gasteiger partial charge in [0.15, 0.2) is 0 Å². The standard InChI is InChI=1S/C18H32N2O/c1-7-20(13-18(5,6)12-19)15(4)16-8-10-17(11-9-16)21-14(2)3/h8-11,14-15H,7,12-13,19H2,1-6H3. The van der Waals surface area contributed by atoms with Crippen LogP contribution in [0, 0.1) is 5.41 Å². The van der Waals surface area contributed by atoms with Crippen LogP contribution < -0.4 is 10.5 Å². The summed E-state index contributed by atoms with van der Waals surface area (Å²) in [6.07, 6.45) is 0.214. The summed E-state index contributed by atoms with van der Waals surface area (Å²) in [5.41, 5.74) is 7.34. The van der Waals surface area contributed by atoms with E-state index in [2.05, 4.69) is 56.9 Å². The average Bonchev–Trinajstić information content (AvgIpc) is 2.44. The van der Waals surface area contributed by atoms with Crippen molar-refractivity contribution in [2.24, 2.45) is 11.1 Å². The molecule has 1 aromatic rings. The van der Waals surface area contributed by atoms with Crippen LogP contribution in [0.2, 0.25) is 0 Å². The van der Waals surface area contributed by atoms with E-state index in [0.29, 0.717) is 12.6 Å². The first-order chi connectivity index (χ1) is 9.79. The predicted molar refractivity (Wildman–Crippen MR) is 90.7 cm³/mol. The number of ether oxygens (including phenoxy) is 1. The molecule has 0 amide bonds. The third-order valence-electron chi connectivity index (χ3n) is 3.87. The summed E-state index contributed by atoms with van der Waals surface area (Å²) in [5.74, 6) is 0.936. The molecule has 2 N–H and O–H groups in total. The summed E-state index contributed by atoms with van der Waals surface area (Å²) in [4.78, 5) is 2.48. The lowest BCUT2D eigenvalue weighted by Crippen LogP contribution is -2.39. The Morgan fingerprint density at radius 2 is 1.71 bits per heavy atom. The van der Waals surface area contributed by atoms with Crippen molar-refractivity contribution in [3.63, 3.8) is 0 Å². The number of hydrogen-bond acceptors (Lipinski definition) is 3. The van der Waals surface area contributed by atoms with Crippen LogP contribution in [0.15, 0.2) is 24.3 Å². The Balaban J connectivity index is 2.78. The maximum absolute atomic E-state index is 5.87. The minimum atomic E-state index is 0.144. The molecule has 0 fully saturated rings. The molecule has 0 bridgehead atoms. The molecule has 21 heavy (non-hydrogen) atoms. The van der Waals surface area contributed by atoms with Crippen molar-refractivity contribution in [1.82, 2.24) is 4.90 Å². The van der Waals surface area contributed by atoms with E-state index in [4.69, 9.17) is 10.5 Å². The summed E-state index contributed by atoms with van der Waals surface area (Å²) in [5, 5.41) is 0. The first-order valence-corrected chi connectivity index (χ1v) is 8.00. The van der Waals surface area contributed by atoms with Crippen molar-refractivity contribution in [2.75, 3.05) is 19.6 Å². The third-order valence-corrected chi connectivity index (χ3v) is 3.87. The summed E-state index contributed by atoms with van der Waals surface area (Å²) in [6, 6.07) is 8.84. The number of rotatable bonds is 8. The van der Waals surface area contributed by atoms with E-state index in [1.807, 2.05) is 13.8 Å². The molecule has 0 aliphatic heterocycles. The molecule has 1 aromatic carbocycles. The minimum absolute atomic E-state index is 0.144. The Kier molecular flexibility index (Phi) is 6.69. The Morgan fingerprint density at radius 3 is 2.14 bits per heavy atom. The van der Waals surface area contributed by atoms with Crippen LogP contribution in [0.1, 0.15) is 53.1 Å². The second-order valence-electron chi connectivity index (χ2n) is 6.84. The van der Waals surface area contributed by atoms with E-state index in [-0.39, 0.29) is 11.5 Å². The quantitative estimate of drug-likeness (QED) is 0.791. The van der Waals surface area contributed by atoms with Crippen LogP contribution in [-0.2, 0) is 0 Å². The minimum Gasteiger partial charge on any atom is -0.491 e. The molecule has 0 spiro atoms. The van der Waals surface area contributed by atoms with Gasteiger partial charge in [-0.15, -0.1) is 0 Å². The maximum Gasteiger partial charge on any atom is 0.119 e. The molecule has 0 saturated carbocycles. The molecule has 3 nitrogen and oxygen atoms in total. The van der Waals surface area contributed by atoms with Crippen molar-refractivity contribution < 1.29 is 4.74 Å². The molecule has 0 heterocycles. The summed E-state index contributed by atoms with van der Waals surface area (Å²) in [6.45, 7) is 15.7. The van der Waals surface area contributed by atoms with Gasteiger partial charge in [0.1, 0.15) is 5.75 Å². The van der Waals surface area contributed by atoms with Gasteiger partial charge in [0.2, 0.25) is 0 Å². The highest BCUT2D eigenvalue weighted by Crippen LogP contribution is 2.26. The second-order valence-corrected chi connectivity index (χ2v) is 6.84. The molecule has 1 atom stereocenters. The first-order valence-electron chi connectivity index (χ1n) is 8.00. The average molecular weight is 292 g/mol. The lowest BCUT2D eigenvalue weighted by atomic mass is 9.92. The smallest absolute Gasteiger partial charge is 0.119 e. The molecule has 0 aliphatic rings. The Labute approximate surface area is 130 Å². The van der Waals surface area contributed by atoms with Gasteiger partial charge in [-0.25, -0.2) is 0 Å². The van der Waals surface area contributed by atoms with E-state index in [9.17, 15) is 0 Å². The van der Waals surface area contributed by atoms with Crippen molar-refractivity contribution >= 4 is 0 Å². The third kappa shape index (κ3) is 5.68. The van der Waals surface area contributed by atoms with Gasteiger partial charge in [-0.3, -0.25) is 4.90 Å². The topological polar surface area (TPSA) is 38.5 Å². The van der Waals surface area contributed by atoms with Gasteiger partial charge in [0.05, 0.1) is 6.10 Å². The van der Waals surface area contributed by atoms with Gasteiger partial charge >= 0.3 is 0 Å². The molecular weight excluding hydrogens is 260 g/mol. The van der Waals surface area contributed by atoms with E-state index in [0.717, 1.165) is 18.8 Å². The monoisotopic (exact) mass is 292 g/mol. The molecule has 1 rings (SSSR count). The number of nitrogens with two attached hydrogens (primary N) is 1. The van der Waals surface area contributed by atoms with Crippen LogP contribution in [0.25, 0.3) is 0 Å². The van der Waals surface area contributed by atoms with Crippen molar-refractivity contribution in [1.29, 1.82) is 0 Å². The Hall–Kier alpha value is -1.06. The van der Waals surface area contributed by atoms with Gasteiger partial charge in [0, 0.05) is 12.6 Å². The van der Waals surface area contributed by atoms with Gasteiger partial charge < -0.3 is 10.5 Å². The normalized spacial score (nSPS) is 13.8. The highest BCUT2D eigenvalue weighted by molar-refractivity contribution is 5.29. The van der Waals surface area contributed by atoms with E-state index in [1.165, 1.54) is 5.56 Å². The van der Waals surface area contributed by atoms with E-state index >= 15 is 0 Å². The molecule has 0 radical (unpaired) electrons. The summed E-state index contributed by atoms with van der Waals surface area (Å²) in [7, 11) is 0. The largest absolute Gasteiger partial charge is 0.491 e. The maximum atomic E-state index is 5.87. The Morgan fingerprint density at radius 1 is 1.14 bits per heavy atom. The number of hydrogen-bond donors (Lipinski definition) is 1. The second kappa shape index (κ2) is 7.81. The first kappa shape index (κ1) is 18.0. The van der Waals surface area contributed by atoms with Crippen LogP contribution in [0.3, 0.4) is 0 Å². The zero-order chi connectivity index (χ0) is 16.0. The summed E-state index contributed by atoms with van der Waals surface area (Å²) >= 11 is 0. The van der Waals surface area contributed by atoms with Crippen molar-refractivity contribution in [3.8, 4) is 5.75 Å². The van der Waals surface area contributed by atoms with Crippen LogP contribution in [0.4, 0.5) is 0 Å². The fraction of sp³-hybridized carbons (Fsp3) is 0.667. The molecule has 0 saturated heterocycles. The molecule has 1 unspecified atom stereocenters. The van der Waals surface area contributed by atoms with E-state index in [1.54, 1.807) is 0 Å². The fourth-order valence-corrected chi connectivity index (χ4v) is 2.44. The van der Waals surface area contributed by atoms with Gasteiger partial charge in [-0.1, -0.05) is 32.9 Å². The van der Waals surface area contributed by atoms with Crippen molar-refractivity contribution in [3.05, 3.63) is 29.8 Å². The zero-order valence-electron chi connectivity index (χ0n) is 14.5. The Bertz CT molecular complexity index is 412. The van der Waals surface area contributed by atoms with Gasteiger partial charge in [-0.05, 0) is 57.0 Å². The van der Waals surface area contributed by atoms with E-state index < -0.39 is 0 Å². The highest BCUT2D eigenvalue weighted by Gasteiger charge is 2.23. The summed E-state index contributed by atoms with van der Waals surface area (Å²) < 4.78 is 5.70. The van der Waals surface area contributed by atoms with Crippen LogP contribution in [0.5, 0.6) is 5.75 Å². The van der Waals surface area contributed by atoms with Gasteiger partial charge in [0.25, 0.3) is 0 Å². The van der Waals surface area contributed by atoms with Crippen LogP contribution in [-0.4, -0.2) is 30.6 Å². The zero-order valence-corrected chi connectivity index (χ0v) is 14.5. The van der Waals surface area contributed by atoms with Crippen molar-refractivity contribution in [2.45, 2.75) is 53.7 Å².